The van der Waals surface area contributed by atoms with Gasteiger partial charge in [-0.25, -0.2) is 0 Å². The van der Waals surface area contributed by atoms with E-state index in [0.717, 1.165) is 18.5 Å². The lowest BCUT2D eigenvalue weighted by molar-refractivity contribution is 0.443. The summed E-state index contributed by atoms with van der Waals surface area (Å²) in [5.41, 5.74) is 9.03. The van der Waals surface area contributed by atoms with E-state index in [2.05, 4.69) is 29.6 Å². The molecule has 1 atom stereocenters. The summed E-state index contributed by atoms with van der Waals surface area (Å²) in [5.74, 6) is 0.795. The fourth-order valence-corrected chi connectivity index (χ4v) is 3.15. The Hall–Kier alpha value is -0.860. The van der Waals surface area contributed by atoms with E-state index >= 15 is 0 Å². The van der Waals surface area contributed by atoms with Crippen LogP contribution in [0.4, 0.5) is 0 Å². The fourth-order valence-electron chi connectivity index (χ4n) is 3.15. The Morgan fingerprint density at radius 1 is 1.00 bits per heavy atom. The summed E-state index contributed by atoms with van der Waals surface area (Å²) >= 11 is 0. The van der Waals surface area contributed by atoms with Gasteiger partial charge in [0.15, 0.2) is 0 Å². The van der Waals surface area contributed by atoms with Gasteiger partial charge in [-0.2, -0.15) is 0 Å². The van der Waals surface area contributed by atoms with Crippen molar-refractivity contribution in [1.82, 2.24) is 5.32 Å². The molecule has 1 aromatic carbocycles. The van der Waals surface area contributed by atoms with Gasteiger partial charge in [-0.1, -0.05) is 43.5 Å². The Balaban J connectivity index is 1.57. The van der Waals surface area contributed by atoms with Crippen LogP contribution in [0.2, 0.25) is 0 Å². The molecular weight excluding hydrogens is 232 g/mol. The van der Waals surface area contributed by atoms with Crippen molar-refractivity contribution in [3.05, 3.63) is 35.4 Å². The molecule has 19 heavy (non-hydrogen) atoms. The Bertz CT molecular complexity index is 388. The van der Waals surface area contributed by atoms with Gasteiger partial charge >= 0.3 is 0 Å². The summed E-state index contributed by atoms with van der Waals surface area (Å²) in [4.78, 5) is 0. The standard InChI is InChI=1S/C17H26N2/c18-17(12-19-16-10-11-16)15-8-6-14(7-9-15)13-4-2-1-3-5-13/h6-9,13,16-17,19H,1-5,10-12,18H2. The first-order chi connectivity index (χ1) is 9.33. The second kappa shape index (κ2) is 6.06. The van der Waals surface area contributed by atoms with Crippen molar-refractivity contribution in [3.8, 4) is 0 Å². The zero-order valence-corrected chi connectivity index (χ0v) is 11.8. The molecule has 2 saturated carbocycles. The van der Waals surface area contributed by atoms with Crippen molar-refractivity contribution in [3.63, 3.8) is 0 Å². The molecule has 2 aliphatic rings. The third-order valence-corrected chi connectivity index (χ3v) is 4.64. The molecule has 2 aliphatic carbocycles. The predicted molar refractivity (Wildman–Crippen MR) is 80.2 cm³/mol. The lowest BCUT2D eigenvalue weighted by atomic mass is 9.84. The Kier molecular flexibility index (Phi) is 4.19. The van der Waals surface area contributed by atoms with Gasteiger partial charge in [0.25, 0.3) is 0 Å². The van der Waals surface area contributed by atoms with E-state index in [4.69, 9.17) is 5.73 Å². The molecule has 0 heterocycles. The summed E-state index contributed by atoms with van der Waals surface area (Å²) < 4.78 is 0. The van der Waals surface area contributed by atoms with Crippen LogP contribution in [0.1, 0.15) is 68.0 Å². The van der Waals surface area contributed by atoms with Crippen molar-refractivity contribution in [2.75, 3.05) is 6.54 Å². The van der Waals surface area contributed by atoms with E-state index in [0.29, 0.717) is 0 Å². The van der Waals surface area contributed by atoms with Crippen LogP contribution < -0.4 is 11.1 Å². The monoisotopic (exact) mass is 258 g/mol. The highest BCUT2D eigenvalue weighted by Crippen LogP contribution is 2.32. The lowest BCUT2D eigenvalue weighted by Gasteiger charge is -2.22. The number of benzene rings is 1. The van der Waals surface area contributed by atoms with Crippen LogP contribution in [0, 0.1) is 0 Å². The van der Waals surface area contributed by atoms with Crippen LogP contribution in [-0.4, -0.2) is 12.6 Å². The molecule has 0 bridgehead atoms. The van der Waals surface area contributed by atoms with E-state index in [1.54, 1.807) is 0 Å². The van der Waals surface area contributed by atoms with E-state index in [-0.39, 0.29) is 6.04 Å². The van der Waals surface area contributed by atoms with Gasteiger partial charge in [-0.05, 0) is 42.7 Å². The molecule has 0 radical (unpaired) electrons. The highest BCUT2D eigenvalue weighted by Gasteiger charge is 2.21. The first kappa shape index (κ1) is 13.1. The lowest BCUT2D eigenvalue weighted by Crippen LogP contribution is -2.28. The molecule has 1 aromatic rings. The van der Waals surface area contributed by atoms with E-state index in [1.165, 1.54) is 56.1 Å². The van der Waals surface area contributed by atoms with E-state index in [9.17, 15) is 0 Å². The van der Waals surface area contributed by atoms with Gasteiger partial charge in [0.05, 0.1) is 0 Å². The minimum Gasteiger partial charge on any atom is -0.323 e. The second-order valence-electron chi connectivity index (χ2n) is 6.29. The SMILES string of the molecule is NC(CNC1CC1)c1ccc(C2CCCCC2)cc1. The minimum absolute atomic E-state index is 0.140. The predicted octanol–water partition coefficient (Wildman–Crippen LogP) is 3.49. The quantitative estimate of drug-likeness (QED) is 0.848. The molecule has 1 unspecified atom stereocenters. The topological polar surface area (TPSA) is 38.0 Å². The minimum atomic E-state index is 0.140. The first-order valence-corrected chi connectivity index (χ1v) is 7.92. The van der Waals surface area contributed by atoms with Crippen LogP contribution in [0.25, 0.3) is 0 Å². The number of hydrogen-bond donors (Lipinski definition) is 2. The fraction of sp³-hybridized carbons (Fsp3) is 0.647. The van der Waals surface area contributed by atoms with Gasteiger partial charge in [-0.15, -0.1) is 0 Å². The second-order valence-corrected chi connectivity index (χ2v) is 6.29. The maximum Gasteiger partial charge on any atom is 0.0421 e. The van der Waals surface area contributed by atoms with Crippen LogP contribution in [0.5, 0.6) is 0 Å². The average molecular weight is 258 g/mol. The maximum absolute atomic E-state index is 6.24. The van der Waals surface area contributed by atoms with Gasteiger partial charge in [0.1, 0.15) is 0 Å². The smallest absolute Gasteiger partial charge is 0.0421 e. The number of hydrogen-bond acceptors (Lipinski definition) is 2. The van der Waals surface area contributed by atoms with Gasteiger partial charge < -0.3 is 11.1 Å². The molecule has 0 aliphatic heterocycles. The normalized spacial score (nSPS) is 22.4. The largest absolute Gasteiger partial charge is 0.323 e. The molecule has 104 valence electrons. The summed E-state index contributed by atoms with van der Waals surface area (Å²) in [7, 11) is 0. The van der Waals surface area contributed by atoms with Crippen molar-refractivity contribution in [2.24, 2.45) is 5.73 Å². The molecule has 0 spiro atoms. The summed E-state index contributed by atoms with van der Waals surface area (Å²) in [6.07, 6.45) is 9.62. The molecule has 2 heteroatoms. The molecule has 3 N–H and O–H groups in total. The number of nitrogens with one attached hydrogen (secondary N) is 1. The third-order valence-electron chi connectivity index (χ3n) is 4.64. The molecule has 0 aromatic heterocycles. The number of rotatable bonds is 5. The zero-order chi connectivity index (χ0) is 13.1. The molecule has 2 fully saturated rings. The average Bonchev–Trinajstić information content (AvgIpc) is 3.30. The molecule has 0 amide bonds. The Morgan fingerprint density at radius 2 is 1.68 bits per heavy atom. The van der Waals surface area contributed by atoms with Crippen molar-refractivity contribution < 1.29 is 0 Å². The number of nitrogens with two attached hydrogens (primary N) is 1. The van der Waals surface area contributed by atoms with Crippen molar-refractivity contribution >= 4 is 0 Å². The molecule has 2 nitrogen and oxygen atoms in total. The Labute approximate surface area is 116 Å². The Morgan fingerprint density at radius 3 is 2.32 bits per heavy atom. The van der Waals surface area contributed by atoms with Crippen LogP contribution >= 0.6 is 0 Å². The molecule has 0 saturated heterocycles. The third kappa shape index (κ3) is 3.58. The van der Waals surface area contributed by atoms with Crippen molar-refractivity contribution in [2.45, 2.75) is 62.9 Å². The summed E-state index contributed by atoms with van der Waals surface area (Å²) in [6.45, 7) is 0.910. The summed E-state index contributed by atoms with van der Waals surface area (Å²) in [6, 6.07) is 9.98. The van der Waals surface area contributed by atoms with Crippen LogP contribution in [0.15, 0.2) is 24.3 Å². The first-order valence-electron chi connectivity index (χ1n) is 7.92. The van der Waals surface area contributed by atoms with Gasteiger partial charge in [0.2, 0.25) is 0 Å². The van der Waals surface area contributed by atoms with Crippen LogP contribution in [0.3, 0.4) is 0 Å². The summed E-state index contributed by atoms with van der Waals surface area (Å²) in [5, 5.41) is 3.51. The maximum atomic E-state index is 6.24. The molecule has 3 rings (SSSR count). The zero-order valence-electron chi connectivity index (χ0n) is 11.8. The van der Waals surface area contributed by atoms with E-state index < -0.39 is 0 Å². The van der Waals surface area contributed by atoms with Crippen LogP contribution in [-0.2, 0) is 0 Å². The van der Waals surface area contributed by atoms with E-state index in [1.807, 2.05) is 0 Å². The van der Waals surface area contributed by atoms with Crippen molar-refractivity contribution in [1.29, 1.82) is 0 Å². The highest BCUT2D eigenvalue weighted by atomic mass is 15.0. The highest BCUT2D eigenvalue weighted by molar-refractivity contribution is 5.27. The molecular formula is C17H26N2. The van der Waals surface area contributed by atoms with Gasteiger partial charge in [-0.3, -0.25) is 0 Å². The van der Waals surface area contributed by atoms with Gasteiger partial charge in [0, 0.05) is 18.6 Å².